The fourth-order valence-corrected chi connectivity index (χ4v) is 3.05. The number of nitriles is 1. The third-order valence-corrected chi connectivity index (χ3v) is 4.46. The molecule has 1 unspecified atom stereocenters. The second kappa shape index (κ2) is 6.78. The van der Waals surface area contributed by atoms with E-state index in [9.17, 15) is 17.9 Å². The number of aliphatic hydroxyl groups excluding tert-OH is 1. The average Bonchev–Trinajstić information content (AvgIpc) is 2.98. The molecule has 0 aromatic carbocycles. The molecular formula is C16H14FN5O3S. The zero-order chi connectivity index (χ0) is 18.9. The van der Waals surface area contributed by atoms with Gasteiger partial charge in [0.05, 0.1) is 17.9 Å². The first-order valence-corrected chi connectivity index (χ1v) is 9.41. The first-order chi connectivity index (χ1) is 12.3. The summed E-state index contributed by atoms with van der Waals surface area (Å²) in [5.74, 6) is -0.504. The van der Waals surface area contributed by atoms with Gasteiger partial charge in [0.2, 0.25) is 15.0 Å². The van der Waals surface area contributed by atoms with Crippen LogP contribution in [0.25, 0.3) is 16.8 Å². The Morgan fingerprint density at radius 2 is 2.27 bits per heavy atom. The van der Waals surface area contributed by atoms with Crippen molar-refractivity contribution in [2.45, 2.75) is 24.2 Å². The zero-order valence-corrected chi connectivity index (χ0v) is 14.5. The van der Waals surface area contributed by atoms with Gasteiger partial charge >= 0.3 is 0 Å². The van der Waals surface area contributed by atoms with E-state index in [2.05, 4.69) is 15.1 Å². The second-order valence-corrected chi connectivity index (χ2v) is 7.64. The van der Waals surface area contributed by atoms with E-state index in [1.807, 2.05) is 6.07 Å². The molecule has 0 saturated heterocycles. The highest BCUT2D eigenvalue weighted by molar-refractivity contribution is 7.90. The van der Waals surface area contributed by atoms with E-state index in [0.29, 0.717) is 11.1 Å². The van der Waals surface area contributed by atoms with Crippen LogP contribution in [-0.4, -0.2) is 45.6 Å². The Morgan fingerprint density at radius 1 is 1.50 bits per heavy atom. The molecule has 10 heteroatoms. The summed E-state index contributed by atoms with van der Waals surface area (Å²) in [6.07, 6.45) is 5.37. The highest BCUT2D eigenvalue weighted by atomic mass is 32.2. The predicted octanol–water partition coefficient (Wildman–Crippen LogP) is 1.27. The van der Waals surface area contributed by atoms with Gasteiger partial charge in [0, 0.05) is 36.2 Å². The van der Waals surface area contributed by atoms with Gasteiger partial charge in [0.25, 0.3) is 0 Å². The van der Waals surface area contributed by atoms with Gasteiger partial charge in [-0.25, -0.2) is 22.8 Å². The number of hydrogen-bond donors (Lipinski definition) is 1. The van der Waals surface area contributed by atoms with Crippen molar-refractivity contribution >= 4 is 15.4 Å². The molecule has 1 atom stereocenters. The molecule has 2 heterocycles. The van der Waals surface area contributed by atoms with Crippen LogP contribution in [0.3, 0.4) is 0 Å². The summed E-state index contributed by atoms with van der Waals surface area (Å²) >= 11 is 0. The van der Waals surface area contributed by atoms with Crippen LogP contribution in [0, 0.1) is 11.3 Å². The van der Waals surface area contributed by atoms with E-state index in [-0.39, 0.29) is 29.5 Å². The minimum Gasteiger partial charge on any atom is -0.389 e. The normalized spacial score (nSPS) is 17.4. The van der Waals surface area contributed by atoms with Gasteiger partial charge in [0.1, 0.15) is 18.1 Å². The highest BCUT2D eigenvalue weighted by Gasteiger charge is 2.22. The van der Waals surface area contributed by atoms with Crippen LogP contribution >= 0.6 is 0 Å². The maximum atomic E-state index is 13.7. The number of sulfone groups is 1. The zero-order valence-electron chi connectivity index (χ0n) is 13.7. The van der Waals surface area contributed by atoms with Gasteiger partial charge < -0.3 is 5.11 Å². The van der Waals surface area contributed by atoms with Crippen molar-refractivity contribution in [3.05, 3.63) is 42.1 Å². The third-order valence-electron chi connectivity index (χ3n) is 3.60. The number of aromatic nitrogens is 4. The van der Waals surface area contributed by atoms with Crippen LogP contribution in [0.5, 0.6) is 0 Å². The number of aliphatic hydroxyl groups is 1. The number of nitrogens with zero attached hydrogens (tertiary/aromatic N) is 5. The summed E-state index contributed by atoms with van der Waals surface area (Å²) in [5.41, 5.74) is 1.27. The largest absolute Gasteiger partial charge is 0.389 e. The fraction of sp³-hybridized carbons (Fsp3) is 0.250. The van der Waals surface area contributed by atoms with Crippen LogP contribution in [0.2, 0.25) is 0 Å². The van der Waals surface area contributed by atoms with Gasteiger partial charge in [-0.2, -0.15) is 10.4 Å². The van der Waals surface area contributed by atoms with Crippen LogP contribution < -0.4 is 0 Å². The molecule has 0 aliphatic heterocycles. The van der Waals surface area contributed by atoms with Crippen molar-refractivity contribution in [2.24, 2.45) is 0 Å². The van der Waals surface area contributed by atoms with Crippen molar-refractivity contribution in [3.8, 4) is 17.3 Å². The van der Waals surface area contributed by atoms with E-state index >= 15 is 0 Å². The Bertz CT molecular complexity index is 1070. The van der Waals surface area contributed by atoms with Crippen molar-refractivity contribution < 1.29 is 17.9 Å². The molecule has 0 amide bonds. The maximum absolute atomic E-state index is 13.7. The van der Waals surface area contributed by atoms with E-state index < -0.39 is 21.8 Å². The number of allylic oxidation sites excluding steroid dienone is 2. The molecule has 2 aromatic heterocycles. The van der Waals surface area contributed by atoms with E-state index in [0.717, 1.165) is 6.26 Å². The first-order valence-electron chi connectivity index (χ1n) is 7.52. The van der Waals surface area contributed by atoms with Crippen molar-refractivity contribution in [1.82, 2.24) is 19.7 Å². The molecule has 0 radical (unpaired) electrons. The lowest BCUT2D eigenvalue weighted by atomic mass is 9.98. The Labute approximate surface area is 148 Å². The summed E-state index contributed by atoms with van der Waals surface area (Å²) in [7, 11) is -3.62. The summed E-state index contributed by atoms with van der Waals surface area (Å²) < 4.78 is 38.5. The average molecular weight is 375 g/mol. The van der Waals surface area contributed by atoms with E-state index in [1.165, 1.54) is 35.3 Å². The first kappa shape index (κ1) is 17.9. The molecule has 2 aromatic rings. The Kier molecular flexibility index (Phi) is 4.67. The molecule has 0 bridgehead atoms. The van der Waals surface area contributed by atoms with Crippen LogP contribution in [0.4, 0.5) is 4.39 Å². The Balaban J connectivity index is 2.18. The van der Waals surface area contributed by atoms with Gasteiger partial charge in [-0.15, -0.1) is 0 Å². The third kappa shape index (κ3) is 3.68. The minimum absolute atomic E-state index is 0.0565. The van der Waals surface area contributed by atoms with E-state index in [1.54, 1.807) is 0 Å². The van der Waals surface area contributed by atoms with Crippen molar-refractivity contribution in [3.63, 3.8) is 0 Å². The summed E-state index contributed by atoms with van der Waals surface area (Å²) in [6.45, 7) is -0.0565. The van der Waals surface area contributed by atoms with Crippen LogP contribution in [0.15, 0.2) is 41.6 Å². The van der Waals surface area contributed by atoms with E-state index in [4.69, 9.17) is 5.26 Å². The van der Waals surface area contributed by atoms with Crippen molar-refractivity contribution in [1.29, 1.82) is 5.26 Å². The molecule has 0 spiro atoms. The van der Waals surface area contributed by atoms with Crippen molar-refractivity contribution in [2.75, 3.05) is 6.26 Å². The number of hydrogen-bond acceptors (Lipinski definition) is 7. The maximum Gasteiger partial charge on any atom is 0.247 e. The van der Waals surface area contributed by atoms with Gasteiger partial charge in [-0.05, 0) is 18.2 Å². The molecule has 1 N–H and O–H groups in total. The van der Waals surface area contributed by atoms with Gasteiger partial charge in [-0.3, -0.25) is 4.68 Å². The van der Waals surface area contributed by atoms with Crippen LogP contribution in [-0.2, 0) is 16.4 Å². The Morgan fingerprint density at radius 3 is 2.92 bits per heavy atom. The smallest absolute Gasteiger partial charge is 0.247 e. The lowest BCUT2D eigenvalue weighted by molar-refractivity contribution is 0.214. The molecule has 0 fully saturated rings. The topological polar surface area (TPSA) is 122 Å². The molecule has 134 valence electrons. The minimum atomic E-state index is -3.62. The van der Waals surface area contributed by atoms with Crippen LogP contribution in [0.1, 0.15) is 12.1 Å². The molecule has 26 heavy (non-hydrogen) atoms. The molecular weight excluding hydrogens is 361 g/mol. The SMILES string of the molecule is CS(=O)(=O)c1nccc(-c2cn(CC#N)nc2C2=CC(O)CC(F)=C2)n1. The lowest BCUT2D eigenvalue weighted by Crippen LogP contribution is -2.08. The predicted molar refractivity (Wildman–Crippen MR) is 89.8 cm³/mol. The summed E-state index contributed by atoms with van der Waals surface area (Å²) in [5, 5.41) is 22.6. The molecule has 0 saturated carbocycles. The molecule has 1 aliphatic carbocycles. The standard InChI is InChI=1S/C16H14FN5O3S/c1-26(24,25)16-19-4-2-14(20-16)13-9-22(5-3-18)21-15(13)10-6-11(17)8-12(23)7-10/h2,4,6-7,9,12,23H,5,8H2,1H3. The fourth-order valence-electron chi connectivity index (χ4n) is 2.53. The summed E-state index contributed by atoms with van der Waals surface area (Å²) in [4.78, 5) is 7.78. The monoisotopic (exact) mass is 375 g/mol. The lowest BCUT2D eigenvalue weighted by Gasteiger charge is -2.13. The number of halogens is 1. The van der Waals surface area contributed by atoms with Gasteiger partial charge in [-0.1, -0.05) is 0 Å². The van der Waals surface area contributed by atoms with Gasteiger partial charge in [0.15, 0.2) is 0 Å². The number of rotatable bonds is 4. The Hall–Kier alpha value is -2.90. The summed E-state index contributed by atoms with van der Waals surface area (Å²) in [6, 6.07) is 3.44. The quantitative estimate of drug-likeness (QED) is 0.799. The second-order valence-electron chi connectivity index (χ2n) is 5.73. The molecule has 1 aliphatic rings. The molecule has 8 nitrogen and oxygen atoms in total. The highest BCUT2D eigenvalue weighted by Crippen LogP contribution is 2.32. The molecule has 3 rings (SSSR count).